The molecule has 5 nitrogen and oxygen atoms in total. The molecule has 0 spiro atoms. The van der Waals surface area contributed by atoms with Crippen molar-refractivity contribution < 1.29 is 4.74 Å². The summed E-state index contributed by atoms with van der Waals surface area (Å²) in [6.07, 6.45) is 5.88. The van der Waals surface area contributed by atoms with Gasteiger partial charge in [0.15, 0.2) is 0 Å². The van der Waals surface area contributed by atoms with Gasteiger partial charge in [0.1, 0.15) is 23.6 Å². The molecule has 0 saturated carbocycles. The van der Waals surface area contributed by atoms with Gasteiger partial charge in [-0.2, -0.15) is 0 Å². The van der Waals surface area contributed by atoms with E-state index in [4.69, 9.17) is 4.74 Å². The van der Waals surface area contributed by atoms with Crippen molar-refractivity contribution in [1.82, 2.24) is 15.3 Å². The van der Waals surface area contributed by atoms with E-state index in [1.165, 1.54) is 12.8 Å². The Morgan fingerprint density at radius 1 is 0.963 bits per heavy atom. The van der Waals surface area contributed by atoms with Crippen LogP contribution in [0.1, 0.15) is 12.8 Å². The number of hydrogen-bond acceptors (Lipinski definition) is 5. The highest BCUT2D eigenvalue weighted by molar-refractivity contribution is 5.74. The molecule has 1 saturated heterocycles. The molecule has 2 N–H and O–H groups in total. The standard InChI is InChI=1S/C22H24N4O/c1-2-4-19(5-3-1)27-20-8-6-18(7-9-20)21-15-24-16-26-22(21)25-14-17-10-12-23-13-11-17/h1-9,15-17,23H,10-14H2,(H,24,25,26). The third-order valence-electron chi connectivity index (χ3n) is 4.87. The molecule has 1 aliphatic heterocycles. The zero-order valence-electron chi connectivity index (χ0n) is 15.3. The van der Waals surface area contributed by atoms with E-state index < -0.39 is 0 Å². The van der Waals surface area contributed by atoms with E-state index in [-0.39, 0.29) is 0 Å². The molecule has 3 aromatic rings. The number of hydrogen-bond donors (Lipinski definition) is 2. The van der Waals surface area contributed by atoms with Crippen molar-refractivity contribution in [2.45, 2.75) is 12.8 Å². The summed E-state index contributed by atoms with van der Waals surface area (Å²) in [7, 11) is 0. The highest BCUT2D eigenvalue weighted by atomic mass is 16.5. The minimum Gasteiger partial charge on any atom is -0.457 e. The molecule has 1 aromatic heterocycles. The van der Waals surface area contributed by atoms with Gasteiger partial charge in [0.05, 0.1) is 0 Å². The van der Waals surface area contributed by atoms with E-state index >= 15 is 0 Å². The second kappa shape index (κ2) is 8.64. The Kier molecular flexibility index (Phi) is 5.60. The molecule has 0 atom stereocenters. The minimum absolute atomic E-state index is 0.690. The van der Waals surface area contributed by atoms with Crippen LogP contribution in [0.25, 0.3) is 11.1 Å². The summed E-state index contributed by atoms with van der Waals surface area (Å²) in [4.78, 5) is 8.67. The first-order valence-corrected chi connectivity index (χ1v) is 9.46. The molecule has 0 bridgehead atoms. The predicted octanol–water partition coefficient (Wildman–Crippen LogP) is 4.35. The van der Waals surface area contributed by atoms with Gasteiger partial charge in [-0.05, 0) is 61.7 Å². The van der Waals surface area contributed by atoms with Crippen LogP contribution in [0.3, 0.4) is 0 Å². The predicted molar refractivity (Wildman–Crippen MR) is 108 cm³/mol. The van der Waals surface area contributed by atoms with Crippen LogP contribution >= 0.6 is 0 Å². The summed E-state index contributed by atoms with van der Waals surface area (Å²) in [6.45, 7) is 3.15. The van der Waals surface area contributed by atoms with Crippen molar-refractivity contribution in [3.05, 3.63) is 67.1 Å². The van der Waals surface area contributed by atoms with Crippen LogP contribution in [0.15, 0.2) is 67.1 Å². The first-order valence-electron chi connectivity index (χ1n) is 9.46. The largest absolute Gasteiger partial charge is 0.457 e. The van der Waals surface area contributed by atoms with Crippen molar-refractivity contribution in [2.75, 3.05) is 25.0 Å². The average Bonchev–Trinajstić information content (AvgIpc) is 2.75. The molecule has 1 fully saturated rings. The monoisotopic (exact) mass is 360 g/mol. The lowest BCUT2D eigenvalue weighted by atomic mass is 9.98. The Morgan fingerprint density at radius 3 is 2.48 bits per heavy atom. The minimum atomic E-state index is 0.690. The molecule has 0 amide bonds. The zero-order valence-corrected chi connectivity index (χ0v) is 15.3. The van der Waals surface area contributed by atoms with Crippen molar-refractivity contribution in [3.8, 4) is 22.6 Å². The number of nitrogens with zero attached hydrogens (tertiary/aromatic N) is 2. The first-order chi connectivity index (χ1) is 13.4. The molecular weight excluding hydrogens is 336 g/mol. The maximum atomic E-state index is 5.87. The van der Waals surface area contributed by atoms with E-state index in [0.717, 1.165) is 48.1 Å². The second-order valence-electron chi connectivity index (χ2n) is 6.80. The van der Waals surface area contributed by atoms with Gasteiger partial charge in [-0.15, -0.1) is 0 Å². The maximum absolute atomic E-state index is 5.87. The van der Waals surface area contributed by atoms with Gasteiger partial charge >= 0.3 is 0 Å². The molecule has 27 heavy (non-hydrogen) atoms. The molecule has 0 unspecified atom stereocenters. The lowest BCUT2D eigenvalue weighted by Crippen LogP contribution is -2.31. The number of nitrogens with one attached hydrogen (secondary N) is 2. The Bertz CT molecular complexity index is 846. The van der Waals surface area contributed by atoms with E-state index in [2.05, 4.69) is 20.6 Å². The van der Waals surface area contributed by atoms with Gasteiger partial charge < -0.3 is 15.4 Å². The number of piperidine rings is 1. The van der Waals surface area contributed by atoms with Crippen LogP contribution in [0.4, 0.5) is 5.82 Å². The van der Waals surface area contributed by atoms with Crippen LogP contribution in [0.2, 0.25) is 0 Å². The molecular formula is C22H24N4O. The average molecular weight is 360 g/mol. The summed E-state index contributed by atoms with van der Waals surface area (Å²) < 4.78 is 5.87. The smallest absolute Gasteiger partial charge is 0.137 e. The van der Waals surface area contributed by atoms with Crippen molar-refractivity contribution in [3.63, 3.8) is 0 Å². The fourth-order valence-electron chi connectivity index (χ4n) is 3.34. The van der Waals surface area contributed by atoms with Crippen LogP contribution in [0, 0.1) is 5.92 Å². The highest BCUT2D eigenvalue weighted by Gasteiger charge is 2.14. The molecule has 2 heterocycles. The van der Waals surface area contributed by atoms with Crippen LogP contribution < -0.4 is 15.4 Å². The Hall–Kier alpha value is -2.92. The SMILES string of the molecule is c1ccc(Oc2ccc(-c3cncnc3NCC3CCNCC3)cc2)cc1. The number of benzene rings is 2. The fourth-order valence-corrected chi connectivity index (χ4v) is 3.34. The molecule has 138 valence electrons. The zero-order chi connectivity index (χ0) is 18.3. The molecule has 1 aliphatic rings. The number of aromatic nitrogens is 2. The van der Waals surface area contributed by atoms with Gasteiger partial charge in [-0.1, -0.05) is 30.3 Å². The lowest BCUT2D eigenvalue weighted by Gasteiger charge is -2.23. The topological polar surface area (TPSA) is 59.1 Å². The van der Waals surface area contributed by atoms with E-state index in [0.29, 0.717) is 5.92 Å². The van der Waals surface area contributed by atoms with Crippen LogP contribution in [0.5, 0.6) is 11.5 Å². The van der Waals surface area contributed by atoms with Gasteiger partial charge in [0, 0.05) is 18.3 Å². The van der Waals surface area contributed by atoms with E-state index in [1.807, 2.05) is 60.8 Å². The van der Waals surface area contributed by atoms with Crippen LogP contribution in [-0.4, -0.2) is 29.6 Å². The van der Waals surface area contributed by atoms with Gasteiger partial charge in [0.2, 0.25) is 0 Å². The fraction of sp³-hybridized carbons (Fsp3) is 0.273. The van der Waals surface area contributed by atoms with E-state index in [1.54, 1.807) is 6.33 Å². The molecule has 2 aromatic carbocycles. The number of para-hydroxylation sites is 1. The third kappa shape index (κ3) is 4.63. The van der Waals surface area contributed by atoms with E-state index in [9.17, 15) is 0 Å². The maximum Gasteiger partial charge on any atom is 0.137 e. The lowest BCUT2D eigenvalue weighted by molar-refractivity contribution is 0.389. The summed E-state index contributed by atoms with van der Waals surface area (Å²) in [5.41, 5.74) is 2.08. The highest BCUT2D eigenvalue weighted by Crippen LogP contribution is 2.29. The molecule has 4 rings (SSSR count). The summed E-state index contributed by atoms with van der Waals surface area (Å²) in [6, 6.07) is 17.8. The van der Waals surface area contributed by atoms with Crippen molar-refractivity contribution >= 4 is 5.82 Å². The summed E-state index contributed by atoms with van der Waals surface area (Å²) >= 11 is 0. The van der Waals surface area contributed by atoms with Gasteiger partial charge in [-0.25, -0.2) is 9.97 Å². The van der Waals surface area contributed by atoms with Crippen molar-refractivity contribution in [1.29, 1.82) is 0 Å². The molecule has 5 heteroatoms. The van der Waals surface area contributed by atoms with Crippen LogP contribution in [-0.2, 0) is 0 Å². The van der Waals surface area contributed by atoms with Gasteiger partial charge in [-0.3, -0.25) is 0 Å². The Labute approximate surface area is 159 Å². The first kappa shape index (κ1) is 17.5. The number of ether oxygens (including phenoxy) is 1. The Morgan fingerprint density at radius 2 is 1.70 bits per heavy atom. The summed E-state index contributed by atoms with van der Waals surface area (Å²) in [5.74, 6) is 3.22. The summed E-state index contributed by atoms with van der Waals surface area (Å²) in [5, 5.41) is 6.93. The Balaban J connectivity index is 1.46. The number of anilines is 1. The number of rotatable bonds is 6. The second-order valence-corrected chi connectivity index (χ2v) is 6.80. The third-order valence-corrected chi connectivity index (χ3v) is 4.87. The molecule has 0 radical (unpaired) electrons. The normalized spacial score (nSPS) is 14.7. The quantitative estimate of drug-likeness (QED) is 0.684. The van der Waals surface area contributed by atoms with Gasteiger partial charge in [0.25, 0.3) is 0 Å². The van der Waals surface area contributed by atoms with Crippen molar-refractivity contribution in [2.24, 2.45) is 5.92 Å². The molecule has 0 aliphatic carbocycles.